The van der Waals surface area contributed by atoms with Crippen molar-refractivity contribution in [3.63, 3.8) is 0 Å². The summed E-state index contributed by atoms with van der Waals surface area (Å²) in [6.07, 6.45) is 1.97. The number of benzene rings is 1. The maximum Gasteiger partial charge on any atom is 0.317 e. The Balaban J connectivity index is 2.86. The molecule has 1 aromatic carbocycles. The third-order valence-corrected chi connectivity index (χ3v) is 3.57. The van der Waals surface area contributed by atoms with Crippen molar-refractivity contribution in [2.45, 2.75) is 17.9 Å². The molecule has 0 aliphatic heterocycles. The van der Waals surface area contributed by atoms with E-state index in [-0.39, 0.29) is 19.1 Å². The zero-order valence-electron chi connectivity index (χ0n) is 10.9. The summed E-state index contributed by atoms with van der Waals surface area (Å²) in [7, 11) is 0. The summed E-state index contributed by atoms with van der Waals surface area (Å²) in [6, 6.07) is 7.41. The molecular weight excluding hydrogens is 266 g/mol. The van der Waals surface area contributed by atoms with Crippen LogP contribution in [0.1, 0.15) is 18.5 Å². The molecule has 2 N–H and O–H groups in total. The predicted octanol–water partition coefficient (Wildman–Crippen LogP) is 1.94. The minimum Gasteiger partial charge on any atom is -0.480 e. The number of carboxylic acid groups (broad SMARTS) is 2. The highest BCUT2D eigenvalue weighted by atomic mass is 32.2. The van der Waals surface area contributed by atoms with Gasteiger partial charge < -0.3 is 10.2 Å². The van der Waals surface area contributed by atoms with Crippen LogP contribution in [0.25, 0.3) is 0 Å². The van der Waals surface area contributed by atoms with Gasteiger partial charge in [0.25, 0.3) is 0 Å². The molecule has 6 heteroatoms. The molecule has 0 spiro atoms. The van der Waals surface area contributed by atoms with E-state index in [4.69, 9.17) is 10.2 Å². The molecule has 5 nitrogen and oxygen atoms in total. The number of thioether (sulfide) groups is 1. The van der Waals surface area contributed by atoms with Crippen LogP contribution in [0.2, 0.25) is 0 Å². The van der Waals surface area contributed by atoms with E-state index in [0.717, 1.165) is 10.5 Å². The fourth-order valence-corrected chi connectivity index (χ4v) is 2.18. The van der Waals surface area contributed by atoms with Crippen LogP contribution in [0.5, 0.6) is 0 Å². The van der Waals surface area contributed by atoms with Gasteiger partial charge >= 0.3 is 11.9 Å². The number of nitrogens with zero attached hydrogens (tertiary/aromatic N) is 1. The van der Waals surface area contributed by atoms with Crippen molar-refractivity contribution in [2.24, 2.45) is 0 Å². The van der Waals surface area contributed by atoms with Gasteiger partial charge in [-0.2, -0.15) is 0 Å². The largest absolute Gasteiger partial charge is 0.480 e. The molecule has 0 amide bonds. The average molecular weight is 283 g/mol. The molecule has 0 aromatic heterocycles. The Kier molecular flexibility index (Phi) is 5.85. The first-order chi connectivity index (χ1) is 8.93. The first-order valence-electron chi connectivity index (χ1n) is 5.75. The lowest BCUT2D eigenvalue weighted by Crippen LogP contribution is -2.36. The number of hydrogen-bond acceptors (Lipinski definition) is 4. The monoisotopic (exact) mass is 283 g/mol. The Morgan fingerprint density at radius 2 is 1.63 bits per heavy atom. The van der Waals surface area contributed by atoms with E-state index in [0.29, 0.717) is 0 Å². The first-order valence-corrected chi connectivity index (χ1v) is 6.98. The third kappa shape index (κ3) is 4.92. The Morgan fingerprint density at radius 3 is 2.00 bits per heavy atom. The van der Waals surface area contributed by atoms with Crippen molar-refractivity contribution >= 4 is 23.7 Å². The van der Waals surface area contributed by atoms with Gasteiger partial charge in [-0.05, 0) is 30.9 Å². The van der Waals surface area contributed by atoms with Crippen LogP contribution in [0.15, 0.2) is 29.2 Å². The van der Waals surface area contributed by atoms with Crippen LogP contribution in [-0.4, -0.2) is 46.4 Å². The van der Waals surface area contributed by atoms with Crippen LogP contribution in [0, 0.1) is 0 Å². The molecule has 0 radical (unpaired) electrons. The summed E-state index contributed by atoms with van der Waals surface area (Å²) in [5.41, 5.74) is 0.903. The summed E-state index contributed by atoms with van der Waals surface area (Å²) < 4.78 is 0. The SMILES string of the molecule is CSc1ccc(C(C)N(CC(=O)O)CC(=O)O)cc1. The molecule has 0 fully saturated rings. The van der Waals surface area contributed by atoms with Crippen molar-refractivity contribution in [3.8, 4) is 0 Å². The smallest absolute Gasteiger partial charge is 0.317 e. The summed E-state index contributed by atoms with van der Waals surface area (Å²) in [4.78, 5) is 24.1. The second-order valence-corrected chi connectivity index (χ2v) is 5.02. The lowest BCUT2D eigenvalue weighted by molar-refractivity contribution is -0.142. The van der Waals surface area contributed by atoms with Gasteiger partial charge in [-0.1, -0.05) is 12.1 Å². The molecule has 1 unspecified atom stereocenters. The standard InChI is InChI=1S/C13H17NO4S/c1-9(10-3-5-11(19-2)6-4-10)14(7-12(15)16)8-13(17)18/h3-6,9H,7-8H2,1-2H3,(H,15,16)(H,17,18). The predicted molar refractivity (Wildman–Crippen MR) is 73.5 cm³/mol. The topological polar surface area (TPSA) is 77.8 Å². The highest BCUT2D eigenvalue weighted by molar-refractivity contribution is 7.98. The van der Waals surface area contributed by atoms with E-state index >= 15 is 0 Å². The Bertz CT molecular complexity index is 430. The van der Waals surface area contributed by atoms with Gasteiger partial charge in [0, 0.05) is 10.9 Å². The van der Waals surface area contributed by atoms with Crippen molar-refractivity contribution < 1.29 is 19.8 Å². The number of carbonyl (C=O) groups is 2. The average Bonchev–Trinajstić information content (AvgIpc) is 2.36. The quantitative estimate of drug-likeness (QED) is 0.745. The Hall–Kier alpha value is -1.53. The van der Waals surface area contributed by atoms with Gasteiger partial charge in [-0.25, -0.2) is 0 Å². The third-order valence-electron chi connectivity index (χ3n) is 2.82. The van der Waals surface area contributed by atoms with Crippen LogP contribution in [0.4, 0.5) is 0 Å². The molecule has 0 saturated carbocycles. The lowest BCUT2D eigenvalue weighted by Gasteiger charge is -2.26. The maximum absolute atomic E-state index is 10.8. The fourth-order valence-electron chi connectivity index (χ4n) is 1.77. The molecule has 1 rings (SSSR count). The van der Waals surface area contributed by atoms with Gasteiger partial charge in [0.1, 0.15) is 0 Å². The number of carboxylic acids is 2. The van der Waals surface area contributed by atoms with Crippen LogP contribution in [-0.2, 0) is 9.59 Å². The van der Waals surface area contributed by atoms with Crippen molar-refractivity contribution in [3.05, 3.63) is 29.8 Å². The summed E-state index contributed by atoms with van der Waals surface area (Å²) in [5, 5.41) is 17.7. The molecule has 0 heterocycles. The van der Waals surface area contributed by atoms with Crippen molar-refractivity contribution in [1.82, 2.24) is 4.90 Å². The van der Waals surface area contributed by atoms with E-state index in [2.05, 4.69) is 0 Å². The molecule has 0 aliphatic rings. The van der Waals surface area contributed by atoms with Crippen LogP contribution in [0.3, 0.4) is 0 Å². The molecule has 0 bridgehead atoms. The number of rotatable bonds is 7. The van der Waals surface area contributed by atoms with Crippen molar-refractivity contribution in [1.29, 1.82) is 0 Å². The minimum atomic E-state index is -1.03. The molecule has 0 aliphatic carbocycles. The van der Waals surface area contributed by atoms with Gasteiger partial charge in [0.05, 0.1) is 13.1 Å². The molecule has 1 aromatic rings. The van der Waals surface area contributed by atoms with Gasteiger partial charge in [-0.15, -0.1) is 11.8 Å². The van der Waals surface area contributed by atoms with Crippen LogP contribution < -0.4 is 0 Å². The van der Waals surface area contributed by atoms with Crippen molar-refractivity contribution in [2.75, 3.05) is 19.3 Å². The molecule has 0 saturated heterocycles. The fraction of sp³-hybridized carbons (Fsp3) is 0.385. The maximum atomic E-state index is 10.8. The zero-order chi connectivity index (χ0) is 14.4. The lowest BCUT2D eigenvalue weighted by atomic mass is 10.1. The second kappa shape index (κ2) is 7.16. The van der Waals surface area contributed by atoms with E-state index in [9.17, 15) is 9.59 Å². The minimum absolute atomic E-state index is 0.261. The van der Waals surface area contributed by atoms with E-state index < -0.39 is 11.9 Å². The molecule has 104 valence electrons. The normalized spacial score (nSPS) is 12.4. The summed E-state index contributed by atoms with van der Waals surface area (Å²) in [6.45, 7) is 1.22. The van der Waals surface area contributed by atoms with Gasteiger partial charge in [0.15, 0.2) is 0 Å². The second-order valence-electron chi connectivity index (χ2n) is 4.14. The summed E-state index contributed by atoms with van der Waals surface area (Å²) >= 11 is 1.62. The van der Waals surface area contributed by atoms with Crippen LogP contribution >= 0.6 is 11.8 Å². The zero-order valence-corrected chi connectivity index (χ0v) is 11.7. The molecular formula is C13H17NO4S. The molecule has 19 heavy (non-hydrogen) atoms. The Morgan fingerprint density at radius 1 is 1.16 bits per heavy atom. The highest BCUT2D eigenvalue weighted by Crippen LogP contribution is 2.23. The van der Waals surface area contributed by atoms with Gasteiger partial charge in [-0.3, -0.25) is 14.5 Å². The number of hydrogen-bond donors (Lipinski definition) is 2. The molecule has 1 atom stereocenters. The first kappa shape index (κ1) is 15.5. The van der Waals surface area contributed by atoms with E-state index in [1.807, 2.05) is 30.5 Å². The summed E-state index contributed by atoms with van der Waals surface area (Å²) in [5.74, 6) is -2.07. The van der Waals surface area contributed by atoms with E-state index in [1.54, 1.807) is 18.7 Å². The van der Waals surface area contributed by atoms with E-state index in [1.165, 1.54) is 4.90 Å². The van der Waals surface area contributed by atoms with Gasteiger partial charge in [0.2, 0.25) is 0 Å². The number of aliphatic carboxylic acids is 2. The highest BCUT2D eigenvalue weighted by Gasteiger charge is 2.20. The Labute approximate surface area is 116 Å².